The van der Waals surface area contributed by atoms with Crippen LogP contribution in [0.3, 0.4) is 0 Å². The number of phenolic OH excluding ortho intramolecular Hbond substituents is 1. The molecule has 5 rings (SSSR count). The van der Waals surface area contributed by atoms with Gasteiger partial charge in [0.1, 0.15) is 23.1 Å². The summed E-state index contributed by atoms with van der Waals surface area (Å²) in [4.78, 5) is 10.9. The van der Waals surface area contributed by atoms with E-state index < -0.39 is 23.7 Å². The van der Waals surface area contributed by atoms with Crippen LogP contribution in [0, 0.1) is 18.6 Å². The van der Waals surface area contributed by atoms with Gasteiger partial charge in [-0.2, -0.15) is 0 Å². The number of hydrogen-bond acceptors (Lipinski definition) is 6. The summed E-state index contributed by atoms with van der Waals surface area (Å²) >= 11 is 0. The summed E-state index contributed by atoms with van der Waals surface area (Å²) in [6.45, 7) is 1.73. The summed E-state index contributed by atoms with van der Waals surface area (Å²) in [6.07, 6.45) is -1.48. The number of aromatic nitrogens is 1. The normalized spacial score (nSPS) is 11.3. The Bertz CT molecular complexity index is 1750. The highest BCUT2D eigenvalue weighted by Crippen LogP contribution is 2.44. The van der Waals surface area contributed by atoms with Crippen LogP contribution >= 0.6 is 0 Å². The second-order valence-corrected chi connectivity index (χ2v) is 8.39. The van der Waals surface area contributed by atoms with Crippen molar-refractivity contribution in [3.8, 4) is 34.2 Å². The van der Waals surface area contributed by atoms with E-state index in [9.17, 15) is 23.8 Å². The monoisotopic (exact) mass is 515 g/mol. The van der Waals surface area contributed by atoms with Crippen molar-refractivity contribution < 1.29 is 33.6 Å². The number of rotatable bonds is 5. The quantitative estimate of drug-likeness (QED) is 0.126. The molecule has 4 aromatic carbocycles. The van der Waals surface area contributed by atoms with E-state index in [-0.39, 0.29) is 33.9 Å². The molecule has 8 nitrogen and oxygen atoms in total. The first-order chi connectivity index (χ1) is 18.2. The fourth-order valence-electron chi connectivity index (χ4n) is 4.15. The van der Waals surface area contributed by atoms with Gasteiger partial charge in [0.2, 0.25) is 5.88 Å². The maximum Gasteiger partial charge on any atom is 0.511 e. The van der Waals surface area contributed by atoms with Crippen LogP contribution in [-0.4, -0.2) is 26.0 Å². The van der Waals surface area contributed by atoms with E-state index in [1.54, 1.807) is 37.3 Å². The van der Waals surface area contributed by atoms with Crippen LogP contribution in [0.25, 0.3) is 27.7 Å². The maximum absolute atomic E-state index is 14.8. The van der Waals surface area contributed by atoms with Gasteiger partial charge >= 0.3 is 6.16 Å². The average Bonchev–Trinajstić information content (AvgIpc) is 3.13. The van der Waals surface area contributed by atoms with Crippen LogP contribution in [0.4, 0.5) is 25.0 Å². The predicted molar refractivity (Wildman–Crippen MR) is 136 cm³/mol. The van der Waals surface area contributed by atoms with Crippen LogP contribution in [0.15, 0.2) is 89.1 Å². The molecule has 38 heavy (non-hydrogen) atoms. The summed E-state index contributed by atoms with van der Waals surface area (Å²) in [5, 5.41) is 39.1. The van der Waals surface area contributed by atoms with Crippen molar-refractivity contribution in [2.75, 3.05) is 0 Å². The number of benzene rings is 4. The lowest BCUT2D eigenvalue weighted by molar-refractivity contribution is 0.144. The molecule has 5 aromatic rings. The largest absolute Gasteiger partial charge is 0.511 e. The van der Waals surface area contributed by atoms with E-state index >= 15 is 0 Å². The van der Waals surface area contributed by atoms with Crippen LogP contribution < -0.4 is 4.74 Å². The van der Waals surface area contributed by atoms with E-state index in [0.29, 0.717) is 22.2 Å². The van der Waals surface area contributed by atoms with Crippen LogP contribution in [0.2, 0.25) is 0 Å². The number of azo groups is 1. The molecule has 0 saturated heterocycles. The van der Waals surface area contributed by atoms with E-state index in [4.69, 9.17) is 5.11 Å². The second kappa shape index (κ2) is 9.66. The number of para-hydroxylation sites is 1. The molecule has 0 fully saturated rings. The Kier molecular flexibility index (Phi) is 6.21. The number of nitrogens with zero attached hydrogens (tertiary/aromatic N) is 3. The average molecular weight is 515 g/mol. The molecule has 0 amide bonds. The van der Waals surface area contributed by atoms with Gasteiger partial charge in [-0.15, -0.1) is 10.2 Å². The third-order valence-corrected chi connectivity index (χ3v) is 5.84. The molecular weight excluding hydrogens is 496 g/mol. The Labute approximate surface area is 214 Å². The molecule has 0 radical (unpaired) electrons. The number of carbonyl (C=O) groups is 1. The van der Waals surface area contributed by atoms with Crippen molar-refractivity contribution in [2.24, 2.45) is 10.2 Å². The first-order valence-electron chi connectivity index (χ1n) is 11.3. The minimum atomic E-state index is -1.48. The zero-order chi connectivity index (χ0) is 27.0. The number of hydrogen-bond donors (Lipinski definition) is 3. The van der Waals surface area contributed by atoms with Crippen molar-refractivity contribution in [3.63, 3.8) is 0 Å². The van der Waals surface area contributed by atoms with Crippen LogP contribution in [-0.2, 0) is 0 Å². The maximum atomic E-state index is 14.8. The Balaban J connectivity index is 1.60. The van der Waals surface area contributed by atoms with Crippen molar-refractivity contribution in [1.29, 1.82) is 0 Å². The van der Waals surface area contributed by atoms with Gasteiger partial charge < -0.3 is 20.1 Å². The molecule has 0 aliphatic heterocycles. The van der Waals surface area contributed by atoms with E-state index in [0.717, 1.165) is 6.07 Å². The van der Waals surface area contributed by atoms with Gasteiger partial charge in [0.15, 0.2) is 11.4 Å². The molecular formula is C28H19F2N3O5. The summed E-state index contributed by atoms with van der Waals surface area (Å²) in [6, 6.07) is 18.9. The number of fused-ring (bicyclic) bond motifs is 1. The van der Waals surface area contributed by atoms with Gasteiger partial charge in [-0.3, -0.25) is 4.57 Å². The smallest absolute Gasteiger partial charge is 0.505 e. The molecule has 0 spiro atoms. The Morgan fingerprint density at radius 1 is 0.921 bits per heavy atom. The minimum absolute atomic E-state index is 0.0188. The molecule has 0 saturated carbocycles. The molecule has 190 valence electrons. The fourth-order valence-corrected chi connectivity index (χ4v) is 4.15. The van der Waals surface area contributed by atoms with E-state index in [1.165, 1.54) is 47.0 Å². The first kappa shape index (κ1) is 24.4. The first-order valence-corrected chi connectivity index (χ1v) is 11.3. The van der Waals surface area contributed by atoms with Gasteiger partial charge in [0.25, 0.3) is 0 Å². The van der Waals surface area contributed by atoms with Gasteiger partial charge in [0, 0.05) is 10.9 Å². The summed E-state index contributed by atoms with van der Waals surface area (Å²) in [5.41, 5.74) is 1.69. The van der Waals surface area contributed by atoms with Gasteiger partial charge in [-0.05, 0) is 66.6 Å². The number of carboxylic acid groups (broad SMARTS) is 1. The lowest BCUT2D eigenvalue weighted by Crippen LogP contribution is -2.02. The standard InChI is InChI=1S/C28H19F2N3O5/c1-15-8-10-24(21(30)12-15)33-23-11-9-17(29)14-20(23)25(27(33)35)32-31-22-7-3-6-19(26(22)34)16-4-2-5-18(13-16)38-28(36)37/h2-14,34-35H,1H3,(H,36,37). The molecule has 0 bridgehead atoms. The number of halogens is 2. The van der Waals surface area contributed by atoms with E-state index in [1.807, 2.05) is 0 Å². The molecule has 10 heteroatoms. The lowest BCUT2D eigenvalue weighted by atomic mass is 10.0. The Morgan fingerprint density at radius 2 is 1.71 bits per heavy atom. The van der Waals surface area contributed by atoms with Crippen molar-refractivity contribution in [1.82, 2.24) is 4.57 Å². The van der Waals surface area contributed by atoms with E-state index in [2.05, 4.69) is 15.0 Å². The fraction of sp³-hybridized carbons (Fsp3) is 0.0357. The number of phenols is 1. The Hall–Kier alpha value is -5.25. The van der Waals surface area contributed by atoms with Crippen molar-refractivity contribution >= 4 is 28.4 Å². The lowest BCUT2D eigenvalue weighted by Gasteiger charge is -2.09. The third kappa shape index (κ3) is 4.50. The second-order valence-electron chi connectivity index (χ2n) is 8.39. The number of aromatic hydroxyl groups is 2. The molecule has 0 atom stereocenters. The highest BCUT2D eigenvalue weighted by molar-refractivity contribution is 5.96. The highest BCUT2D eigenvalue weighted by Gasteiger charge is 2.21. The zero-order valence-corrected chi connectivity index (χ0v) is 19.8. The molecule has 1 aromatic heterocycles. The molecule has 0 aliphatic rings. The molecule has 3 N–H and O–H groups in total. The molecule has 0 aliphatic carbocycles. The van der Waals surface area contributed by atoms with Crippen molar-refractivity contribution in [3.05, 3.63) is 96.1 Å². The topological polar surface area (TPSA) is 117 Å². The van der Waals surface area contributed by atoms with Crippen LogP contribution in [0.1, 0.15) is 5.56 Å². The third-order valence-electron chi connectivity index (χ3n) is 5.84. The van der Waals surface area contributed by atoms with Crippen molar-refractivity contribution in [2.45, 2.75) is 6.92 Å². The van der Waals surface area contributed by atoms with Gasteiger partial charge in [0.05, 0.1) is 11.2 Å². The minimum Gasteiger partial charge on any atom is -0.505 e. The molecule has 1 heterocycles. The van der Waals surface area contributed by atoms with Gasteiger partial charge in [-0.25, -0.2) is 13.6 Å². The summed E-state index contributed by atoms with van der Waals surface area (Å²) in [7, 11) is 0. The zero-order valence-electron chi connectivity index (χ0n) is 19.8. The summed E-state index contributed by atoms with van der Waals surface area (Å²) < 4.78 is 34.8. The number of aryl methyl sites for hydroxylation is 1. The van der Waals surface area contributed by atoms with Crippen LogP contribution in [0.5, 0.6) is 17.4 Å². The van der Waals surface area contributed by atoms with Gasteiger partial charge in [-0.1, -0.05) is 30.3 Å². The predicted octanol–water partition coefficient (Wildman–Crippen LogP) is 7.77. The highest BCUT2D eigenvalue weighted by atomic mass is 19.1. The SMILES string of the molecule is Cc1ccc(-n2c(O)c(N=Nc3cccc(-c4cccc(OC(=O)O)c4)c3O)c3cc(F)ccc32)c(F)c1. The molecule has 0 unspecified atom stereocenters. The number of ether oxygens (including phenoxy) is 1. The Morgan fingerprint density at radius 3 is 2.47 bits per heavy atom. The summed E-state index contributed by atoms with van der Waals surface area (Å²) in [5.74, 6) is -1.87.